The van der Waals surface area contributed by atoms with Crippen LogP contribution >= 0.6 is 11.6 Å². The summed E-state index contributed by atoms with van der Waals surface area (Å²) in [6.07, 6.45) is 0.0586. The lowest BCUT2D eigenvalue weighted by Crippen LogP contribution is -2.20. The maximum atomic E-state index is 12.2. The van der Waals surface area contributed by atoms with Gasteiger partial charge >= 0.3 is 0 Å². The number of fused-ring (bicyclic) bond motifs is 1. The number of hydrogen-bond donors (Lipinski definition) is 0. The van der Waals surface area contributed by atoms with Crippen molar-refractivity contribution < 1.29 is 14.3 Å². The Kier molecular flexibility index (Phi) is 3.84. The first-order valence-electron chi connectivity index (χ1n) is 6.89. The lowest BCUT2D eigenvalue weighted by Gasteiger charge is -2.25. The van der Waals surface area contributed by atoms with Gasteiger partial charge in [-0.1, -0.05) is 23.7 Å². The summed E-state index contributed by atoms with van der Waals surface area (Å²) < 4.78 is 11.3. The molecule has 0 fully saturated rings. The van der Waals surface area contributed by atoms with Gasteiger partial charge in [0.05, 0.1) is 18.6 Å². The van der Waals surface area contributed by atoms with E-state index in [0.29, 0.717) is 29.4 Å². The predicted octanol–water partition coefficient (Wildman–Crippen LogP) is 4.45. The third-order valence-corrected chi connectivity index (χ3v) is 3.68. The first-order chi connectivity index (χ1) is 10.2. The maximum absolute atomic E-state index is 12.2. The second-order valence-corrected chi connectivity index (χ2v) is 5.31. The van der Waals surface area contributed by atoms with Crippen LogP contribution in [0.25, 0.3) is 0 Å². The van der Waals surface area contributed by atoms with Gasteiger partial charge in [0.2, 0.25) is 0 Å². The van der Waals surface area contributed by atoms with Gasteiger partial charge in [0.1, 0.15) is 17.6 Å². The lowest BCUT2D eigenvalue weighted by molar-refractivity contribution is 0.0850. The molecule has 1 heterocycles. The van der Waals surface area contributed by atoms with Gasteiger partial charge in [-0.2, -0.15) is 0 Å². The topological polar surface area (TPSA) is 35.5 Å². The molecule has 0 aliphatic carbocycles. The minimum Gasteiger partial charge on any atom is -0.494 e. The molecule has 0 radical (unpaired) electrons. The summed E-state index contributed by atoms with van der Waals surface area (Å²) in [6, 6.07) is 12.8. The number of carbonyl (C=O) groups excluding carboxylic acids is 1. The second-order valence-electron chi connectivity index (χ2n) is 4.88. The quantitative estimate of drug-likeness (QED) is 0.840. The number of Topliss-reactive ketones (excluding diaryl/α,β-unsaturated/α-hetero) is 1. The van der Waals surface area contributed by atoms with Crippen molar-refractivity contribution in [3.63, 3.8) is 0 Å². The van der Waals surface area contributed by atoms with E-state index in [1.54, 1.807) is 18.2 Å². The summed E-state index contributed by atoms with van der Waals surface area (Å²) in [5, 5.41) is 0.546. The zero-order valence-electron chi connectivity index (χ0n) is 11.6. The largest absolute Gasteiger partial charge is 0.494 e. The van der Waals surface area contributed by atoms with E-state index < -0.39 is 0 Å². The van der Waals surface area contributed by atoms with Crippen molar-refractivity contribution >= 4 is 17.4 Å². The molecule has 2 aromatic carbocycles. The van der Waals surface area contributed by atoms with E-state index in [2.05, 4.69) is 0 Å². The van der Waals surface area contributed by atoms with Crippen LogP contribution in [0, 0.1) is 0 Å². The van der Waals surface area contributed by atoms with Crippen molar-refractivity contribution in [2.45, 2.75) is 19.4 Å². The molecule has 2 aromatic rings. The van der Waals surface area contributed by atoms with E-state index in [0.717, 1.165) is 11.3 Å². The van der Waals surface area contributed by atoms with Gasteiger partial charge in [-0.05, 0) is 42.8 Å². The van der Waals surface area contributed by atoms with E-state index in [-0.39, 0.29) is 11.9 Å². The fraction of sp³-hybridized carbons (Fsp3) is 0.235. The summed E-state index contributed by atoms with van der Waals surface area (Å²) in [5.74, 6) is 1.46. The molecule has 108 valence electrons. The Morgan fingerprint density at radius 1 is 1.24 bits per heavy atom. The number of hydrogen-bond acceptors (Lipinski definition) is 3. The maximum Gasteiger partial charge on any atom is 0.170 e. The van der Waals surface area contributed by atoms with Crippen molar-refractivity contribution in [1.82, 2.24) is 0 Å². The third kappa shape index (κ3) is 2.88. The highest BCUT2D eigenvalue weighted by molar-refractivity contribution is 6.31. The van der Waals surface area contributed by atoms with Gasteiger partial charge in [0.15, 0.2) is 5.78 Å². The average molecular weight is 303 g/mol. The Morgan fingerprint density at radius 3 is 2.71 bits per heavy atom. The number of carbonyl (C=O) groups is 1. The Morgan fingerprint density at radius 2 is 2.00 bits per heavy atom. The molecule has 0 amide bonds. The lowest BCUT2D eigenvalue weighted by atomic mass is 9.96. The SMILES string of the molecule is CCOc1ccc(C2CC(=O)c3cc(Cl)ccc3O2)cc1. The molecule has 1 aliphatic heterocycles. The fourth-order valence-corrected chi connectivity index (χ4v) is 2.60. The summed E-state index contributed by atoms with van der Waals surface area (Å²) in [7, 11) is 0. The van der Waals surface area contributed by atoms with Crippen LogP contribution in [0.4, 0.5) is 0 Å². The molecule has 1 aliphatic rings. The second kappa shape index (κ2) is 5.78. The molecule has 0 N–H and O–H groups in total. The third-order valence-electron chi connectivity index (χ3n) is 3.44. The molecule has 4 heteroatoms. The van der Waals surface area contributed by atoms with Crippen molar-refractivity contribution in [2.75, 3.05) is 6.61 Å². The fourth-order valence-electron chi connectivity index (χ4n) is 2.43. The molecule has 0 bridgehead atoms. The smallest absolute Gasteiger partial charge is 0.170 e. The Labute approximate surface area is 128 Å². The Hall–Kier alpha value is -2.00. The number of rotatable bonds is 3. The highest BCUT2D eigenvalue weighted by atomic mass is 35.5. The first-order valence-corrected chi connectivity index (χ1v) is 7.27. The van der Waals surface area contributed by atoms with E-state index in [1.165, 1.54) is 0 Å². The van der Waals surface area contributed by atoms with Crippen molar-refractivity contribution in [3.8, 4) is 11.5 Å². The van der Waals surface area contributed by atoms with Crippen LogP contribution in [0.15, 0.2) is 42.5 Å². The standard InChI is InChI=1S/C17H15ClO3/c1-2-20-13-6-3-11(4-7-13)17-10-15(19)14-9-12(18)5-8-16(14)21-17/h3-9,17H,2,10H2,1H3. The number of ether oxygens (including phenoxy) is 2. The molecule has 3 rings (SSSR count). The predicted molar refractivity (Wildman–Crippen MR) is 81.4 cm³/mol. The van der Waals surface area contributed by atoms with Crippen molar-refractivity contribution in [2.24, 2.45) is 0 Å². The molecule has 21 heavy (non-hydrogen) atoms. The first kappa shape index (κ1) is 14.0. The summed E-state index contributed by atoms with van der Waals surface area (Å²) in [6.45, 7) is 2.57. The summed E-state index contributed by atoms with van der Waals surface area (Å²) >= 11 is 5.92. The zero-order valence-corrected chi connectivity index (χ0v) is 12.4. The molecular formula is C17H15ClO3. The van der Waals surface area contributed by atoms with Crippen molar-refractivity contribution in [1.29, 1.82) is 0 Å². The molecular weight excluding hydrogens is 288 g/mol. The molecule has 1 atom stereocenters. The van der Waals surface area contributed by atoms with Crippen LogP contribution in [-0.2, 0) is 0 Å². The minimum absolute atomic E-state index is 0.0534. The Balaban J connectivity index is 1.85. The highest BCUT2D eigenvalue weighted by Crippen LogP contribution is 2.36. The minimum atomic E-state index is -0.262. The van der Waals surface area contributed by atoms with Crippen LogP contribution in [0.3, 0.4) is 0 Å². The Bertz CT molecular complexity index is 664. The molecule has 0 saturated heterocycles. The highest BCUT2D eigenvalue weighted by Gasteiger charge is 2.27. The van der Waals surface area contributed by atoms with Gasteiger partial charge in [0.25, 0.3) is 0 Å². The van der Waals surface area contributed by atoms with E-state index in [9.17, 15) is 4.79 Å². The average Bonchev–Trinajstić information content (AvgIpc) is 2.49. The van der Waals surface area contributed by atoms with Crippen LogP contribution in [0.1, 0.15) is 35.4 Å². The van der Waals surface area contributed by atoms with Gasteiger partial charge in [-0.25, -0.2) is 0 Å². The van der Waals surface area contributed by atoms with Gasteiger partial charge in [-0.3, -0.25) is 4.79 Å². The normalized spacial score (nSPS) is 17.0. The van der Waals surface area contributed by atoms with Crippen molar-refractivity contribution in [3.05, 3.63) is 58.6 Å². The molecule has 0 spiro atoms. The number of benzene rings is 2. The van der Waals surface area contributed by atoms with Crippen LogP contribution in [-0.4, -0.2) is 12.4 Å². The molecule has 3 nitrogen and oxygen atoms in total. The van der Waals surface area contributed by atoms with Crippen LogP contribution < -0.4 is 9.47 Å². The van der Waals surface area contributed by atoms with Gasteiger partial charge in [-0.15, -0.1) is 0 Å². The van der Waals surface area contributed by atoms with Crippen LogP contribution in [0.5, 0.6) is 11.5 Å². The molecule has 0 saturated carbocycles. The molecule has 0 aromatic heterocycles. The monoisotopic (exact) mass is 302 g/mol. The van der Waals surface area contributed by atoms with E-state index in [1.807, 2.05) is 31.2 Å². The summed E-state index contributed by atoms with van der Waals surface area (Å²) in [5.41, 5.74) is 1.53. The number of halogens is 1. The van der Waals surface area contributed by atoms with Gasteiger partial charge < -0.3 is 9.47 Å². The van der Waals surface area contributed by atoms with E-state index >= 15 is 0 Å². The molecule has 1 unspecified atom stereocenters. The number of ketones is 1. The zero-order chi connectivity index (χ0) is 14.8. The van der Waals surface area contributed by atoms with E-state index in [4.69, 9.17) is 21.1 Å². The van der Waals surface area contributed by atoms with Crippen LogP contribution in [0.2, 0.25) is 5.02 Å². The van der Waals surface area contributed by atoms with Gasteiger partial charge in [0, 0.05) is 5.02 Å². The summed E-state index contributed by atoms with van der Waals surface area (Å²) in [4.78, 5) is 12.2.